The summed E-state index contributed by atoms with van der Waals surface area (Å²) >= 11 is 0. The van der Waals surface area contributed by atoms with Crippen molar-refractivity contribution in [1.82, 2.24) is 20.0 Å². The first-order valence-corrected chi connectivity index (χ1v) is 6.66. The van der Waals surface area contributed by atoms with Gasteiger partial charge in [0, 0.05) is 26.2 Å². The molecule has 19 heavy (non-hydrogen) atoms. The fourth-order valence-corrected chi connectivity index (χ4v) is 1.91. The van der Waals surface area contributed by atoms with Crippen molar-refractivity contribution in [2.75, 3.05) is 25.9 Å². The molecule has 0 aromatic carbocycles. The number of hydrogen-bond donors (Lipinski definition) is 2. The summed E-state index contributed by atoms with van der Waals surface area (Å²) in [6.07, 6.45) is 1.10. The molecular weight excluding hydrogens is 242 g/mol. The number of amides is 1. The number of nitrogens with one attached hydrogen (secondary N) is 1. The Bertz CT molecular complexity index is 440. The Kier molecular flexibility index (Phi) is 5.35. The van der Waals surface area contributed by atoms with Crippen molar-refractivity contribution in [3.8, 4) is 0 Å². The zero-order chi connectivity index (χ0) is 14.6. The number of carbonyl (C=O) groups is 1. The predicted octanol–water partition coefficient (Wildman–Crippen LogP) is 0.771. The summed E-state index contributed by atoms with van der Waals surface area (Å²) in [7, 11) is 3.78. The summed E-state index contributed by atoms with van der Waals surface area (Å²) in [5, 5.41) is 7.02. The molecule has 0 bridgehead atoms. The number of aryl methyl sites for hydroxylation is 2. The SMILES string of the molecule is CCC(C)N(C)CCNC(=O)c1c(N)c(C)nn1C. The van der Waals surface area contributed by atoms with Crippen LogP contribution in [-0.4, -0.2) is 46.8 Å². The van der Waals surface area contributed by atoms with Gasteiger partial charge in [-0.25, -0.2) is 0 Å². The highest BCUT2D eigenvalue weighted by molar-refractivity contribution is 5.97. The molecule has 1 unspecified atom stereocenters. The molecule has 0 saturated heterocycles. The second kappa shape index (κ2) is 6.56. The van der Waals surface area contributed by atoms with Crippen LogP contribution < -0.4 is 11.1 Å². The van der Waals surface area contributed by atoms with E-state index in [0.717, 1.165) is 13.0 Å². The molecule has 6 nitrogen and oxygen atoms in total. The van der Waals surface area contributed by atoms with Gasteiger partial charge in [-0.3, -0.25) is 9.48 Å². The number of hydrogen-bond acceptors (Lipinski definition) is 4. The Morgan fingerprint density at radius 3 is 2.68 bits per heavy atom. The predicted molar refractivity (Wildman–Crippen MR) is 77.1 cm³/mol. The van der Waals surface area contributed by atoms with E-state index in [-0.39, 0.29) is 5.91 Å². The molecular formula is C13H25N5O. The van der Waals surface area contributed by atoms with Crippen LogP contribution >= 0.6 is 0 Å². The van der Waals surface area contributed by atoms with E-state index in [1.165, 1.54) is 4.68 Å². The maximum absolute atomic E-state index is 12.1. The molecule has 108 valence electrons. The van der Waals surface area contributed by atoms with Crippen LogP contribution in [0.4, 0.5) is 5.69 Å². The maximum Gasteiger partial charge on any atom is 0.271 e. The highest BCUT2D eigenvalue weighted by Crippen LogP contribution is 2.14. The Morgan fingerprint density at radius 1 is 1.58 bits per heavy atom. The Labute approximate surface area is 114 Å². The molecule has 1 atom stereocenters. The third-order valence-electron chi connectivity index (χ3n) is 3.58. The fraction of sp³-hybridized carbons (Fsp3) is 0.692. The molecule has 0 radical (unpaired) electrons. The van der Waals surface area contributed by atoms with Gasteiger partial charge in [0.15, 0.2) is 0 Å². The molecule has 6 heteroatoms. The minimum absolute atomic E-state index is 0.168. The summed E-state index contributed by atoms with van der Waals surface area (Å²) in [6.45, 7) is 7.53. The van der Waals surface area contributed by atoms with Crippen molar-refractivity contribution in [1.29, 1.82) is 0 Å². The van der Waals surface area contributed by atoms with E-state index < -0.39 is 0 Å². The lowest BCUT2D eigenvalue weighted by molar-refractivity contribution is 0.0939. The molecule has 0 saturated carbocycles. The van der Waals surface area contributed by atoms with Gasteiger partial charge in [0.2, 0.25) is 0 Å². The minimum Gasteiger partial charge on any atom is -0.395 e. The van der Waals surface area contributed by atoms with Crippen LogP contribution in [0, 0.1) is 6.92 Å². The van der Waals surface area contributed by atoms with Gasteiger partial charge in [0.25, 0.3) is 5.91 Å². The van der Waals surface area contributed by atoms with Crippen LogP contribution in [0.3, 0.4) is 0 Å². The van der Waals surface area contributed by atoms with E-state index in [9.17, 15) is 4.79 Å². The van der Waals surface area contributed by atoms with E-state index in [4.69, 9.17) is 5.73 Å². The van der Waals surface area contributed by atoms with Crippen LogP contribution in [0.1, 0.15) is 36.5 Å². The summed E-state index contributed by atoms with van der Waals surface area (Å²) in [4.78, 5) is 14.3. The molecule has 1 amide bonds. The normalized spacial score (nSPS) is 12.7. The number of nitrogens with zero attached hydrogens (tertiary/aromatic N) is 3. The number of aromatic nitrogens is 2. The van der Waals surface area contributed by atoms with Crippen molar-refractivity contribution in [3.63, 3.8) is 0 Å². The van der Waals surface area contributed by atoms with Crippen LogP contribution in [0.5, 0.6) is 0 Å². The quantitative estimate of drug-likeness (QED) is 0.798. The van der Waals surface area contributed by atoms with E-state index in [2.05, 4.69) is 36.2 Å². The van der Waals surface area contributed by atoms with Gasteiger partial charge in [-0.05, 0) is 27.3 Å². The average molecular weight is 267 g/mol. The van der Waals surface area contributed by atoms with Gasteiger partial charge in [-0.2, -0.15) is 5.10 Å². The molecule has 0 spiro atoms. The number of nitrogens with two attached hydrogens (primary N) is 1. The van der Waals surface area contributed by atoms with E-state index >= 15 is 0 Å². The largest absolute Gasteiger partial charge is 0.395 e. The molecule has 1 rings (SSSR count). The van der Waals surface area contributed by atoms with E-state index in [1.807, 2.05) is 0 Å². The lowest BCUT2D eigenvalue weighted by Gasteiger charge is -2.23. The lowest BCUT2D eigenvalue weighted by Crippen LogP contribution is -2.37. The van der Waals surface area contributed by atoms with E-state index in [0.29, 0.717) is 29.7 Å². The first kappa shape index (κ1) is 15.5. The number of nitrogen functional groups attached to an aromatic ring is 1. The van der Waals surface area contributed by atoms with Crippen molar-refractivity contribution >= 4 is 11.6 Å². The molecule has 0 aliphatic rings. The van der Waals surface area contributed by atoms with Gasteiger partial charge in [0.1, 0.15) is 5.69 Å². The zero-order valence-electron chi connectivity index (χ0n) is 12.5. The summed E-state index contributed by atoms with van der Waals surface area (Å²) in [5.74, 6) is -0.168. The van der Waals surface area contributed by atoms with Gasteiger partial charge in [-0.1, -0.05) is 6.92 Å². The van der Waals surface area contributed by atoms with Crippen molar-refractivity contribution in [2.24, 2.45) is 7.05 Å². The number of rotatable bonds is 6. The Balaban J connectivity index is 2.52. The van der Waals surface area contributed by atoms with Gasteiger partial charge in [0.05, 0.1) is 11.4 Å². The fourth-order valence-electron chi connectivity index (χ4n) is 1.91. The molecule has 1 aromatic rings. The van der Waals surface area contributed by atoms with Gasteiger partial charge >= 0.3 is 0 Å². The zero-order valence-corrected chi connectivity index (χ0v) is 12.5. The van der Waals surface area contributed by atoms with Gasteiger partial charge < -0.3 is 16.0 Å². The molecule has 0 aliphatic heterocycles. The molecule has 0 fully saturated rings. The molecule has 1 heterocycles. The van der Waals surface area contributed by atoms with Gasteiger partial charge in [-0.15, -0.1) is 0 Å². The van der Waals surface area contributed by atoms with Crippen molar-refractivity contribution in [3.05, 3.63) is 11.4 Å². The smallest absolute Gasteiger partial charge is 0.271 e. The monoisotopic (exact) mass is 267 g/mol. The molecule has 1 aromatic heterocycles. The van der Waals surface area contributed by atoms with Crippen LogP contribution in [0.25, 0.3) is 0 Å². The second-order valence-corrected chi connectivity index (χ2v) is 4.97. The molecule has 0 aliphatic carbocycles. The third kappa shape index (κ3) is 3.70. The number of likely N-dealkylation sites (N-methyl/N-ethyl adjacent to an activating group) is 1. The van der Waals surface area contributed by atoms with E-state index in [1.54, 1.807) is 14.0 Å². The van der Waals surface area contributed by atoms with Crippen LogP contribution in [0.2, 0.25) is 0 Å². The topological polar surface area (TPSA) is 76.2 Å². The minimum atomic E-state index is -0.168. The van der Waals surface area contributed by atoms with Crippen molar-refractivity contribution < 1.29 is 4.79 Å². The summed E-state index contributed by atoms with van der Waals surface area (Å²) in [6, 6.07) is 0.515. The number of carbonyl (C=O) groups excluding carboxylic acids is 1. The average Bonchev–Trinajstić information content (AvgIpc) is 2.61. The highest BCUT2D eigenvalue weighted by atomic mass is 16.2. The second-order valence-electron chi connectivity index (χ2n) is 4.97. The third-order valence-corrected chi connectivity index (χ3v) is 3.58. The summed E-state index contributed by atoms with van der Waals surface area (Å²) in [5.41, 5.74) is 7.42. The lowest BCUT2D eigenvalue weighted by atomic mass is 10.2. The first-order chi connectivity index (χ1) is 8.88. The Morgan fingerprint density at radius 2 is 2.21 bits per heavy atom. The maximum atomic E-state index is 12.1. The highest BCUT2D eigenvalue weighted by Gasteiger charge is 2.17. The standard InChI is InChI=1S/C13H25N5O/c1-6-9(2)17(4)8-7-15-13(19)12-11(14)10(3)16-18(12)5/h9H,6-8,14H2,1-5H3,(H,15,19). The molecule has 3 N–H and O–H groups in total. The summed E-state index contributed by atoms with van der Waals surface area (Å²) < 4.78 is 1.53. The number of anilines is 1. The van der Waals surface area contributed by atoms with Crippen molar-refractivity contribution in [2.45, 2.75) is 33.2 Å². The van der Waals surface area contributed by atoms with Crippen LogP contribution in [-0.2, 0) is 7.05 Å². The Hall–Kier alpha value is -1.56. The van der Waals surface area contributed by atoms with Crippen LogP contribution in [0.15, 0.2) is 0 Å². The first-order valence-electron chi connectivity index (χ1n) is 6.66.